The third-order valence-electron chi connectivity index (χ3n) is 3.87. The largest absolute Gasteiger partial charge is 0.352 e. The molecule has 4 nitrogen and oxygen atoms in total. The van der Waals surface area contributed by atoms with E-state index in [0.717, 1.165) is 24.8 Å². The molecule has 1 fully saturated rings. The van der Waals surface area contributed by atoms with Gasteiger partial charge in [0.25, 0.3) is 5.91 Å². The molecule has 2 atom stereocenters. The van der Waals surface area contributed by atoms with Gasteiger partial charge in [0, 0.05) is 31.4 Å². The molecule has 116 valence electrons. The smallest absolute Gasteiger partial charge is 0.251 e. The fourth-order valence-electron chi connectivity index (χ4n) is 3.12. The van der Waals surface area contributed by atoms with Crippen LogP contribution in [0.3, 0.4) is 0 Å². The van der Waals surface area contributed by atoms with Crippen molar-refractivity contribution in [2.45, 2.75) is 26.7 Å². The molecule has 1 aromatic rings. The van der Waals surface area contributed by atoms with Gasteiger partial charge < -0.3 is 10.2 Å². The van der Waals surface area contributed by atoms with Gasteiger partial charge in [-0.2, -0.15) is 0 Å². The van der Waals surface area contributed by atoms with Crippen LogP contribution in [0.5, 0.6) is 0 Å². The minimum atomic E-state index is -0.0836. The first-order chi connectivity index (χ1) is 10.0. The first-order valence-electron chi connectivity index (χ1n) is 7.66. The molecular formula is C16H24ClN3O. The highest BCUT2D eigenvalue weighted by molar-refractivity contribution is 6.29. The maximum Gasteiger partial charge on any atom is 0.251 e. The lowest BCUT2D eigenvalue weighted by atomic mass is 9.92. The zero-order chi connectivity index (χ0) is 15.2. The molecule has 1 aliphatic heterocycles. The van der Waals surface area contributed by atoms with Crippen LogP contribution in [0.25, 0.3) is 0 Å². The van der Waals surface area contributed by atoms with E-state index >= 15 is 0 Å². The highest BCUT2D eigenvalue weighted by Gasteiger charge is 2.21. The van der Waals surface area contributed by atoms with E-state index in [9.17, 15) is 4.79 Å². The van der Waals surface area contributed by atoms with Gasteiger partial charge >= 0.3 is 0 Å². The van der Waals surface area contributed by atoms with Crippen molar-refractivity contribution in [2.75, 3.05) is 26.2 Å². The van der Waals surface area contributed by atoms with Gasteiger partial charge in [0.05, 0.1) is 0 Å². The average molecular weight is 310 g/mol. The number of carbonyl (C=O) groups is 1. The van der Waals surface area contributed by atoms with Gasteiger partial charge in [0.15, 0.2) is 0 Å². The molecule has 5 heteroatoms. The lowest BCUT2D eigenvalue weighted by Crippen LogP contribution is -2.40. The molecule has 0 bridgehead atoms. The minimum absolute atomic E-state index is 0.0836. The van der Waals surface area contributed by atoms with Gasteiger partial charge in [-0.1, -0.05) is 25.4 Å². The zero-order valence-corrected chi connectivity index (χ0v) is 13.6. The Bertz CT molecular complexity index is 470. The molecule has 0 unspecified atom stereocenters. The molecule has 0 radical (unpaired) electrons. The van der Waals surface area contributed by atoms with E-state index in [1.54, 1.807) is 18.3 Å². The summed E-state index contributed by atoms with van der Waals surface area (Å²) in [6, 6.07) is 3.26. The third kappa shape index (κ3) is 5.29. The quantitative estimate of drug-likeness (QED) is 0.672. The molecule has 1 amide bonds. The number of pyridine rings is 1. The summed E-state index contributed by atoms with van der Waals surface area (Å²) in [5.41, 5.74) is 0.565. The van der Waals surface area contributed by atoms with Crippen molar-refractivity contribution in [1.82, 2.24) is 15.2 Å². The zero-order valence-electron chi connectivity index (χ0n) is 12.8. The van der Waals surface area contributed by atoms with Gasteiger partial charge in [0.2, 0.25) is 0 Å². The Morgan fingerprint density at radius 2 is 2.14 bits per heavy atom. The summed E-state index contributed by atoms with van der Waals surface area (Å²) < 4.78 is 0. The summed E-state index contributed by atoms with van der Waals surface area (Å²) in [5.74, 6) is 1.48. The molecular weight excluding hydrogens is 286 g/mol. The van der Waals surface area contributed by atoms with Crippen molar-refractivity contribution in [3.05, 3.63) is 29.0 Å². The molecule has 2 rings (SSSR count). The summed E-state index contributed by atoms with van der Waals surface area (Å²) in [6.07, 6.45) is 3.85. The van der Waals surface area contributed by atoms with Crippen molar-refractivity contribution in [2.24, 2.45) is 11.8 Å². The number of piperidine rings is 1. The van der Waals surface area contributed by atoms with Gasteiger partial charge in [-0.3, -0.25) is 4.79 Å². The van der Waals surface area contributed by atoms with E-state index in [-0.39, 0.29) is 5.91 Å². The van der Waals surface area contributed by atoms with Crippen LogP contribution in [0.1, 0.15) is 37.0 Å². The van der Waals surface area contributed by atoms with E-state index in [1.807, 2.05) is 0 Å². The fourth-order valence-corrected chi connectivity index (χ4v) is 3.30. The second kappa shape index (κ2) is 7.76. The maximum atomic E-state index is 11.9. The predicted octanol–water partition coefficient (Wildman–Crippen LogP) is 2.83. The number of aromatic nitrogens is 1. The number of amides is 1. The molecule has 21 heavy (non-hydrogen) atoms. The van der Waals surface area contributed by atoms with Crippen molar-refractivity contribution < 1.29 is 4.79 Å². The van der Waals surface area contributed by atoms with Crippen molar-refractivity contribution in [1.29, 1.82) is 0 Å². The van der Waals surface area contributed by atoms with Crippen LogP contribution in [0, 0.1) is 11.8 Å². The van der Waals surface area contributed by atoms with Gasteiger partial charge in [-0.25, -0.2) is 4.98 Å². The highest BCUT2D eigenvalue weighted by atomic mass is 35.5. The van der Waals surface area contributed by atoms with Crippen molar-refractivity contribution in [3.63, 3.8) is 0 Å². The number of hydrogen-bond donors (Lipinski definition) is 1. The second-order valence-electron chi connectivity index (χ2n) is 6.18. The highest BCUT2D eigenvalue weighted by Crippen LogP contribution is 2.20. The summed E-state index contributed by atoms with van der Waals surface area (Å²) in [6.45, 7) is 8.73. The van der Waals surface area contributed by atoms with Gasteiger partial charge in [0.1, 0.15) is 5.15 Å². The lowest BCUT2D eigenvalue weighted by molar-refractivity contribution is 0.0947. The standard InChI is InChI=1S/C16H24ClN3O/c1-12-8-13(2)11-20(10-12)7-3-5-19-16(21)14-4-6-18-15(17)9-14/h4,6,9,12-13H,3,5,7-8,10-11H2,1-2H3,(H,19,21)/t12-,13+. The number of rotatable bonds is 5. The van der Waals surface area contributed by atoms with Gasteiger partial charge in [-0.05, 0) is 43.4 Å². The summed E-state index contributed by atoms with van der Waals surface area (Å²) in [5, 5.41) is 3.28. The number of nitrogens with zero attached hydrogens (tertiary/aromatic N) is 2. The number of halogens is 1. The monoisotopic (exact) mass is 309 g/mol. The Hall–Kier alpha value is -1.13. The Morgan fingerprint density at radius 3 is 2.81 bits per heavy atom. The predicted molar refractivity (Wildman–Crippen MR) is 85.6 cm³/mol. The van der Waals surface area contributed by atoms with Crippen LogP contribution in [-0.2, 0) is 0 Å². The maximum absolute atomic E-state index is 11.9. The van der Waals surface area contributed by atoms with Gasteiger partial charge in [-0.15, -0.1) is 0 Å². The molecule has 1 aliphatic rings. The fraction of sp³-hybridized carbons (Fsp3) is 0.625. The van der Waals surface area contributed by atoms with E-state index < -0.39 is 0 Å². The van der Waals surface area contributed by atoms with E-state index in [2.05, 4.69) is 29.0 Å². The van der Waals surface area contributed by atoms with Crippen molar-refractivity contribution in [3.8, 4) is 0 Å². The number of hydrogen-bond acceptors (Lipinski definition) is 3. The van der Waals surface area contributed by atoms with Crippen LogP contribution >= 0.6 is 11.6 Å². The Labute approximate surface area is 131 Å². The van der Waals surface area contributed by atoms with Crippen LogP contribution in [0.2, 0.25) is 5.15 Å². The molecule has 0 aliphatic carbocycles. The molecule has 1 N–H and O–H groups in total. The summed E-state index contributed by atoms with van der Waals surface area (Å²) >= 11 is 5.78. The van der Waals surface area contributed by atoms with Crippen LogP contribution < -0.4 is 5.32 Å². The molecule has 2 heterocycles. The summed E-state index contributed by atoms with van der Waals surface area (Å²) in [4.78, 5) is 18.3. The molecule has 0 saturated carbocycles. The van der Waals surface area contributed by atoms with E-state index in [1.165, 1.54) is 19.5 Å². The molecule has 1 saturated heterocycles. The number of carbonyl (C=O) groups excluding carboxylic acids is 1. The summed E-state index contributed by atoms with van der Waals surface area (Å²) in [7, 11) is 0. The Balaban J connectivity index is 1.69. The van der Waals surface area contributed by atoms with E-state index in [4.69, 9.17) is 11.6 Å². The first-order valence-corrected chi connectivity index (χ1v) is 8.04. The lowest BCUT2D eigenvalue weighted by Gasteiger charge is -2.34. The second-order valence-corrected chi connectivity index (χ2v) is 6.57. The Kier molecular flexibility index (Phi) is 6.00. The topological polar surface area (TPSA) is 45.2 Å². The minimum Gasteiger partial charge on any atom is -0.352 e. The first kappa shape index (κ1) is 16.2. The number of likely N-dealkylation sites (tertiary alicyclic amines) is 1. The molecule has 1 aromatic heterocycles. The van der Waals surface area contributed by atoms with Crippen molar-refractivity contribution >= 4 is 17.5 Å². The Morgan fingerprint density at radius 1 is 1.43 bits per heavy atom. The average Bonchev–Trinajstić information content (AvgIpc) is 2.42. The van der Waals surface area contributed by atoms with Crippen LogP contribution in [0.15, 0.2) is 18.3 Å². The van der Waals surface area contributed by atoms with Crippen LogP contribution in [0.4, 0.5) is 0 Å². The SMILES string of the molecule is C[C@@H]1C[C@H](C)CN(CCCNC(=O)c2ccnc(Cl)c2)C1. The molecule has 0 spiro atoms. The third-order valence-corrected chi connectivity index (χ3v) is 4.08. The molecule has 0 aromatic carbocycles. The normalized spacial score (nSPS) is 23.0. The van der Waals surface area contributed by atoms with E-state index in [0.29, 0.717) is 17.3 Å². The number of nitrogens with one attached hydrogen (secondary N) is 1. The van der Waals surface area contributed by atoms with Crippen LogP contribution in [-0.4, -0.2) is 42.0 Å².